The zero-order chi connectivity index (χ0) is 12.6. The van der Waals surface area contributed by atoms with Crippen LogP contribution in [-0.2, 0) is 9.59 Å². The van der Waals surface area contributed by atoms with E-state index in [0.29, 0.717) is 13.0 Å². The first kappa shape index (κ1) is 14.8. The molecule has 5 nitrogen and oxygen atoms in total. The van der Waals surface area contributed by atoms with E-state index in [9.17, 15) is 9.59 Å². The summed E-state index contributed by atoms with van der Waals surface area (Å²) in [7, 11) is 1.64. The molecule has 0 heterocycles. The predicted octanol–water partition coefficient (Wildman–Crippen LogP) is 0.955. The van der Waals surface area contributed by atoms with Gasteiger partial charge in [0.05, 0.1) is 24.7 Å². The number of carbonyl (C=O) groups is 2. The molecule has 0 saturated carbocycles. The van der Waals surface area contributed by atoms with E-state index in [1.807, 2.05) is 6.07 Å². The molecule has 0 spiro atoms. The molecule has 90 valence electrons. The molecule has 1 atom stereocenters. The lowest BCUT2D eigenvalue weighted by atomic mass is 10.3. The number of amides is 1. The number of carbonyl (C=O) groups excluding carboxylic acids is 1. The maximum absolute atomic E-state index is 11.5. The number of thioether (sulfide) groups is 1. The normalized spacial score (nSPS) is 11.6. The van der Waals surface area contributed by atoms with Crippen LogP contribution in [0.4, 0.5) is 0 Å². The van der Waals surface area contributed by atoms with Gasteiger partial charge in [-0.1, -0.05) is 6.92 Å². The summed E-state index contributed by atoms with van der Waals surface area (Å²) < 4.78 is 0. The van der Waals surface area contributed by atoms with Crippen molar-refractivity contribution in [2.45, 2.75) is 25.0 Å². The quantitative estimate of drug-likeness (QED) is 0.721. The smallest absolute Gasteiger partial charge is 0.304 e. The summed E-state index contributed by atoms with van der Waals surface area (Å²) in [6.45, 7) is 2.20. The number of aliphatic carboxylic acids is 1. The second-order valence-corrected chi connectivity index (χ2v) is 4.87. The summed E-state index contributed by atoms with van der Waals surface area (Å²) in [5, 5.41) is 16.8. The number of carboxylic acid groups (broad SMARTS) is 1. The van der Waals surface area contributed by atoms with Gasteiger partial charge in [-0.05, 0) is 0 Å². The van der Waals surface area contributed by atoms with Gasteiger partial charge in [0.15, 0.2) is 0 Å². The average molecular weight is 244 g/mol. The molecule has 16 heavy (non-hydrogen) atoms. The van der Waals surface area contributed by atoms with E-state index in [1.54, 1.807) is 14.0 Å². The van der Waals surface area contributed by atoms with Gasteiger partial charge in [-0.3, -0.25) is 9.59 Å². The van der Waals surface area contributed by atoms with Gasteiger partial charge in [0.1, 0.15) is 0 Å². The van der Waals surface area contributed by atoms with Crippen LogP contribution in [0.1, 0.15) is 19.8 Å². The fourth-order valence-corrected chi connectivity index (χ4v) is 1.88. The molecule has 0 rings (SSSR count). The number of hydrogen-bond acceptors (Lipinski definition) is 4. The lowest BCUT2D eigenvalue weighted by Gasteiger charge is -2.16. The first-order chi connectivity index (χ1) is 7.47. The van der Waals surface area contributed by atoms with Gasteiger partial charge in [-0.25, -0.2) is 0 Å². The molecular formula is C10H16N2O3S. The lowest BCUT2D eigenvalue weighted by Crippen LogP contribution is -2.29. The first-order valence-corrected chi connectivity index (χ1v) is 5.96. The van der Waals surface area contributed by atoms with E-state index in [2.05, 4.69) is 0 Å². The van der Waals surface area contributed by atoms with E-state index >= 15 is 0 Å². The molecule has 0 radical (unpaired) electrons. The van der Waals surface area contributed by atoms with Crippen LogP contribution < -0.4 is 0 Å². The second-order valence-electron chi connectivity index (χ2n) is 3.44. The monoisotopic (exact) mass is 244 g/mol. The largest absolute Gasteiger partial charge is 0.481 e. The molecule has 0 aromatic heterocycles. The molecule has 1 N–H and O–H groups in total. The van der Waals surface area contributed by atoms with Crippen LogP contribution >= 0.6 is 11.8 Å². The zero-order valence-corrected chi connectivity index (χ0v) is 10.3. The van der Waals surface area contributed by atoms with Gasteiger partial charge in [0, 0.05) is 18.8 Å². The summed E-state index contributed by atoms with van der Waals surface area (Å²) in [5.74, 6) is -0.668. The van der Waals surface area contributed by atoms with Crippen molar-refractivity contribution in [3.8, 4) is 6.07 Å². The molecular weight excluding hydrogens is 228 g/mol. The van der Waals surface area contributed by atoms with Crippen molar-refractivity contribution in [3.05, 3.63) is 0 Å². The Morgan fingerprint density at radius 3 is 2.69 bits per heavy atom. The molecule has 6 heteroatoms. The first-order valence-electron chi connectivity index (χ1n) is 4.91. The third-order valence-electron chi connectivity index (χ3n) is 1.94. The van der Waals surface area contributed by atoms with Crippen LogP contribution in [0.2, 0.25) is 0 Å². The summed E-state index contributed by atoms with van der Waals surface area (Å²) in [4.78, 5) is 23.4. The number of nitrogens with zero attached hydrogens (tertiary/aromatic N) is 2. The number of carboxylic acids is 1. The van der Waals surface area contributed by atoms with Crippen LogP contribution in [0, 0.1) is 11.3 Å². The molecule has 0 aromatic rings. The van der Waals surface area contributed by atoms with Crippen molar-refractivity contribution in [2.24, 2.45) is 0 Å². The molecule has 1 amide bonds. The highest BCUT2D eigenvalue weighted by Gasteiger charge is 2.13. The van der Waals surface area contributed by atoms with E-state index in [1.165, 1.54) is 16.7 Å². The Balaban J connectivity index is 3.80. The average Bonchev–Trinajstić information content (AvgIpc) is 2.21. The molecule has 0 aromatic carbocycles. The minimum Gasteiger partial charge on any atom is -0.481 e. The Morgan fingerprint density at radius 2 is 2.19 bits per heavy atom. The molecule has 0 fully saturated rings. The minimum absolute atomic E-state index is 0.0554. The number of rotatable bonds is 7. The van der Waals surface area contributed by atoms with Gasteiger partial charge < -0.3 is 10.0 Å². The highest BCUT2D eigenvalue weighted by Crippen LogP contribution is 2.14. The van der Waals surface area contributed by atoms with Crippen LogP contribution in [0.5, 0.6) is 0 Å². The molecule has 0 bridgehead atoms. The van der Waals surface area contributed by atoms with E-state index in [4.69, 9.17) is 10.4 Å². The van der Waals surface area contributed by atoms with E-state index in [0.717, 1.165) is 0 Å². The van der Waals surface area contributed by atoms with Crippen LogP contribution in [-0.4, -0.2) is 46.5 Å². The highest BCUT2D eigenvalue weighted by molar-refractivity contribution is 8.00. The molecule has 0 aliphatic carbocycles. The third-order valence-corrected chi connectivity index (χ3v) is 3.09. The summed E-state index contributed by atoms with van der Waals surface area (Å²) >= 11 is 1.32. The van der Waals surface area contributed by atoms with E-state index in [-0.39, 0.29) is 23.3 Å². The van der Waals surface area contributed by atoms with Crippen molar-refractivity contribution in [1.29, 1.82) is 5.26 Å². The summed E-state index contributed by atoms with van der Waals surface area (Å²) in [6.07, 6.45) is 0.372. The Bertz CT molecular complexity index is 288. The molecule has 0 aliphatic heterocycles. The van der Waals surface area contributed by atoms with Gasteiger partial charge in [-0.15, -0.1) is 11.8 Å². The topological polar surface area (TPSA) is 81.4 Å². The number of hydrogen-bond donors (Lipinski definition) is 1. The van der Waals surface area contributed by atoms with Gasteiger partial charge in [0.25, 0.3) is 0 Å². The predicted molar refractivity (Wildman–Crippen MR) is 62.0 cm³/mol. The van der Waals surface area contributed by atoms with Crippen LogP contribution in [0.15, 0.2) is 0 Å². The molecule has 0 saturated heterocycles. The lowest BCUT2D eigenvalue weighted by molar-refractivity contribution is -0.137. The summed E-state index contributed by atoms with van der Waals surface area (Å²) in [5.41, 5.74) is 0. The summed E-state index contributed by atoms with van der Waals surface area (Å²) in [6, 6.07) is 1.97. The van der Waals surface area contributed by atoms with Gasteiger partial charge >= 0.3 is 5.97 Å². The maximum atomic E-state index is 11.5. The van der Waals surface area contributed by atoms with Gasteiger partial charge in [0.2, 0.25) is 5.91 Å². The Hall–Kier alpha value is -1.22. The fourth-order valence-electron chi connectivity index (χ4n) is 0.971. The Kier molecular flexibility index (Phi) is 7.38. The standard InChI is InChI=1S/C10H16N2O3S/c1-8(6-10(14)15)16-7-9(13)12(2)5-3-4-11/h8H,3,5-7H2,1-2H3,(H,14,15). The fraction of sp³-hybridized carbons (Fsp3) is 0.700. The maximum Gasteiger partial charge on any atom is 0.304 e. The van der Waals surface area contributed by atoms with Crippen molar-refractivity contribution in [1.82, 2.24) is 4.90 Å². The van der Waals surface area contributed by atoms with Crippen LogP contribution in [0.3, 0.4) is 0 Å². The highest BCUT2D eigenvalue weighted by atomic mass is 32.2. The Labute approximate surface area is 99.4 Å². The van der Waals surface area contributed by atoms with Gasteiger partial charge in [-0.2, -0.15) is 5.26 Å². The Morgan fingerprint density at radius 1 is 1.56 bits per heavy atom. The number of nitriles is 1. The van der Waals surface area contributed by atoms with Crippen molar-refractivity contribution in [3.63, 3.8) is 0 Å². The van der Waals surface area contributed by atoms with Crippen molar-refractivity contribution < 1.29 is 14.7 Å². The van der Waals surface area contributed by atoms with Crippen molar-refractivity contribution >= 4 is 23.6 Å². The van der Waals surface area contributed by atoms with Crippen LogP contribution in [0.25, 0.3) is 0 Å². The molecule has 1 unspecified atom stereocenters. The minimum atomic E-state index is -0.856. The van der Waals surface area contributed by atoms with Crippen molar-refractivity contribution in [2.75, 3.05) is 19.3 Å². The second kappa shape index (κ2) is 7.99. The zero-order valence-electron chi connectivity index (χ0n) is 9.47. The SMILES string of the molecule is CC(CC(=O)O)SCC(=O)N(C)CCC#N. The van der Waals surface area contributed by atoms with E-state index < -0.39 is 5.97 Å². The molecule has 0 aliphatic rings. The third kappa shape index (κ3) is 7.12.